The fourth-order valence-electron chi connectivity index (χ4n) is 3.82. The molecule has 180 valence electrons. The largest absolute Gasteiger partial charge is 0.494 e. The summed E-state index contributed by atoms with van der Waals surface area (Å²) in [6, 6.07) is 14.8. The highest BCUT2D eigenvalue weighted by Gasteiger charge is 2.31. The van der Waals surface area contributed by atoms with Crippen molar-refractivity contribution in [2.45, 2.75) is 51.0 Å². The summed E-state index contributed by atoms with van der Waals surface area (Å²) >= 11 is 0. The molecule has 0 aromatic heterocycles. The van der Waals surface area contributed by atoms with Gasteiger partial charge < -0.3 is 20.1 Å². The fourth-order valence-corrected chi connectivity index (χ4v) is 3.82. The van der Waals surface area contributed by atoms with E-state index in [1.54, 1.807) is 0 Å². The van der Waals surface area contributed by atoms with Crippen molar-refractivity contribution in [3.05, 3.63) is 59.9 Å². The number of hydrogen-bond donors (Lipinski definition) is 2. The van der Waals surface area contributed by atoms with Crippen LogP contribution in [0.3, 0.4) is 0 Å². The lowest BCUT2D eigenvalue weighted by Gasteiger charge is -2.38. The molecule has 0 spiro atoms. The number of piperidine rings is 1. The third-order valence-electron chi connectivity index (χ3n) is 5.96. The molecule has 0 atom stereocenters. The van der Waals surface area contributed by atoms with Crippen molar-refractivity contribution < 1.29 is 14.2 Å². The van der Waals surface area contributed by atoms with Gasteiger partial charge in [-0.05, 0) is 74.1 Å². The summed E-state index contributed by atoms with van der Waals surface area (Å²) in [5.74, 6) is 0.715. The highest BCUT2D eigenvalue weighted by Crippen LogP contribution is 2.26. The monoisotopic (exact) mass is 486 g/mol. The highest BCUT2D eigenvalue weighted by atomic mass is 35.5. The van der Waals surface area contributed by atoms with Gasteiger partial charge in [0.2, 0.25) is 0 Å². The molecule has 7 heteroatoms. The molecule has 1 saturated heterocycles. The zero-order valence-corrected chi connectivity index (χ0v) is 20.5. The summed E-state index contributed by atoms with van der Waals surface area (Å²) in [5, 5.41) is 14.3. The maximum atomic E-state index is 13.0. The number of nitrogens with zero attached hydrogens (tertiary/aromatic N) is 1. The van der Waals surface area contributed by atoms with Crippen LogP contribution in [0.15, 0.2) is 48.5 Å². The molecule has 1 heterocycles. The Hall–Kier alpha value is -1.53. The lowest BCUT2D eigenvalue weighted by Crippen LogP contribution is -2.45. The Bertz CT molecular complexity index is 752. The van der Waals surface area contributed by atoms with E-state index in [1.165, 1.54) is 12.1 Å². The molecule has 0 aliphatic carbocycles. The van der Waals surface area contributed by atoms with Crippen LogP contribution in [-0.2, 0) is 6.42 Å². The number of aliphatic hydroxyl groups is 1. The minimum absolute atomic E-state index is 0. The Labute approximate surface area is 204 Å². The summed E-state index contributed by atoms with van der Waals surface area (Å²) in [5.41, 5.74) is 1.61. The molecule has 0 amide bonds. The first-order chi connectivity index (χ1) is 14.6. The number of likely N-dealkylation sites (tertiary alicyclic amines) is 1. The summed E-state index contributed by atoms with van der Waals surface area (Å²) < 4.78 is 18.7. The standard InChI is InChI=1S/C25H35FN2O2.2ClH/c1-2-3-20-30-24-10-8-23(9-11-24)27-16-13-25(29)14-18-28(19-15-25)17-12-21-4-6-22(26)7-5-21;;/h4-11,27,29H,2-3,12-20H2,1H3;2*1H. The van der Waals surface area contributed by atoms with Crippen LogP contribution in [0, 0.1) is 5.82 Å². The molecular weight excluding hydrogens is 450 g/mol. The molecule has 2 N–H and O–H groups in total. The van der Waals surface area contributed by atoms with E-state index in [2.05, 4.69) is 17.1 Å². The number of halogens is 3. The minimum Gasteiger partial charge on any atom is -0.494 e. The van der Waals surface area contributed by atoms with Crippen molar-refractivity contribution in [3.63, 3.8) is 0 Å². The van der Waals surface area contributed by atoms with Gasteiger partial charge in [0.25, 0.3) is 0 Å². The number of benzene rings is 2. The molecule has 0 radical (unpaired) electrons. The molecule has 4 nitrogen and oxygen atoms in total. The van der Waals surface area contributed by atoms with Gasteiger partial charge in [-0.1, -0.05) is 25.5 Å². The Morgan fingerprint density at radius 3 is 2.31 bits per heavy atom. The van der Waals surface area contributed by atoms with Crippen molar-refractivity contribution in [2.75, 3.05) is 38.1 Å². The molecule has 2 aromatic carbocycles. The van der Waals surface area contributed by atoms with E-state index in [0.29, 0.717) is 0 Å². The van der Waals surface area contributed by atoms with Crippen LogP contribution in [0.2, 0.25) is 0 Å². The van der Waals surface area contributed by atoms with Gasteiger partial charge in [-0.25, -0.2) is 4.39 Å². The number of anilines is 1. The van der Waals surface area contributed by atoms with E-state index < -0.39 is 5.60 Å². The zero-order valence-electron chi connectivity index (χ0n) is 18.9. The average Bonchev–Trinajstić information content (AvgIpc) is 2.76. The lowest BCUT2D eigenvalue weighted by molar-refractivity contribution is -0.0245. The van der Waals surface area contributed by atoms with Gasteiger partial charge in [-0.3, -0.25) is 0 Å². The predicted octanol–water partition coefficient (Wildman–Crippen LogP) is 5.72. The van der Waals surface area contributed by atoms with E-state index in [-0.39, 0.29) is 30.6 Å². The third-order valence-corrected chi connectivity index (χ3v) is 5.96. The number of hydrogen-bond acceptors (Lipinski definition) is 4. The molecule has 0 bridgehead atoms. The molecular formula is C25H37Cl2FN2O2. The molecule has 2 aromatic rings. The average molecular weight is 487 g/mol. The molecule has 1 fully saturated rings. The normalized spacial score (nSPS) is 15.3. The van der Waals surface area contributed by atoms with Gasteiger partial charge in [0.05, 0.1) is 12.2 Å². The van der Waals surface area contributed by atoms with E-state index in [4.69, 9.17) is 4.74 Å². The van der Waals surface area contributed by atoms with Gasteiger partial charge >= 0.3 is 0 Å². The van der Waals surface area contributed by atoms with Crippen molar-refractivity contribution >= 4 is 30.5 Å². The van der Waals surface area contributed by atoms with Crippen molar-refractivity contribution in [1.82, 2.24) is 4.90 Å². The second-order valence-electron chi connectivity index (χ2n) is 8.35. The van der Waals surface area contributed by atoms with Crippen molar-refractivity contribution in [3.8, 4) is 5.75 Å². The van der Waals surface area contributed by atoms with Gasteiger partial charge in [0.15, 0.2) is 0 Å². The number of rotatable bonds is 11. The van der Waals surface area contributed by atoms with E-state index in [0.717, 1.165) is 88.3 Å². The lowest BCUT2D eigenvalue weighted by atomic mass is 9.88. The minimum atomic E-state index is -0.595. The number of nitrogens with one attached hydrogen (secondary N) is 1. The number of ether oxygens (including phenoxy) is 1. The van der Waals surface area contributed by atoms with Gasteiger partial charge in [-0.15, -0.1) is 24.8 Å². The van der Waals surface area contributed by atoms with Crippen LogP contribution in [0.4, 0.5) is 10.1 Å². The summed E-state index contributed by atoms with van der Waals surface area (Å²) in [6.45, 7) is 6.43. The maximum absolute atomic E-state index is 13.0. The fraction of sp³-hybridized carbons (Fsp3) is 0.520. The Balaban J connectivity index is 0.00000256. The summed E-state index contributed by atoms with van der Waals surface area (Å²) in [4.78, 5) is 2.39. The molecule has 3 rings (SSSR count). The summed E-state index contributed by atoms with van der Waals surface area (Å²) in [7, 11) is 0. The van der Waals surface area contributed by atoms with Gasteiger partial charge in [0, 0.05) is 31.9 Å². The number of unbranched alkanes of at least 4 members (excludes halogenated alkanes) is 1. The first-order valence-electron chi connectivity index (χ1n) is 11.2. The van der Waals surface area contributed by atoms with E-state index in [9.17, 15) is 9.50 Å². The van der Waals surface area contributed by atoms with Crippen LogP contribution in [0.25, 0.3) is 0 Å². The topological polar surface area (TPSA) is 44.7 Å². The SMILES string of the molecule is CCCCOc1ccc(NCCC2(O)CCN(CCc3ccc(F)cc3)CC2)cc1.Cl.Cl. The molecule has 1 aliphatic rings. The van der Waals surface area contributed by atoms with Crippen LogP contribution in [-0.4, -0.2) is 48.4 Å². The second kappa shape index (κ2) is 14.6. The third kappa shape index (κ3) is 9.53. The van der Waals surface area contributed by atoms with E-state index in [1.807, 2.05) is 36.4 Å². The Morgan fingerprint density at radius 1 is 1.03 bits per heavy atom. The smallest absolute Gasteiger partial charge is 0.123 e. The van der Waals surface area contributed by atoms with Gasteiger partial charge in [-0.2, -0.15) is 0 Å². The first kappa shape index (κ1) is 28.5. The quantitative estimate of drug-likeness (QED) is 0.398. The molecule has 1 aliphatic heterocycles. The maximum Gasteiger partial charge on any atom is 0.123 e. The van der Waals surface area contributed by atoms with Crippen LogP contribution < -0.4 is 10.1 Å². The van der Waals surface area contributed by atoms with E-state index >= 15 is 0 Å². The van der Waals surface area contributed by atoms with Gasteiger partial charge in [0.1, 0.15) is 11.6 Å². The predicted molar refractivity (Wildman–Crippen MR) is 135 cm³/mol. The first-order valence-corrected chi connectivity index (χ1v) is 11.2. The van der Waals surface area contributed by atoms with Crippen LogP contribution in [0.1, 0.15) is 44.6 Å². The second-order valence-corrected chi connectivity index (χ2v) is 8.35. The zero-order chi connectivity index (χ0) is 21.2. The highest BCUT2D eigenvalue weighted by molar-refractivity contribution is 5.85. The van der Waals surface area contributed by atoms with Crippen molar-refractivity contribution in [2.24, 2.45) is 0 Å². The van der Waals surface area contributed by atoms with Crippen LogP contribution >= 0.6 is 24.8 Å². The Morgan fingerprint density at radius 2 is 1.69 bits per heavy atom. The van der Waals surface area contributed by atoms with Crippen molar-refractivity contribution in [1.29, 1.82) is 0 Å². The van der Waals surface area contributed by atoms with Crippen LogP contribution in [0.5, 0.6) is 5.75 Å². The summed E-state index contributed by atoms with van der Waals surface area (Å²) in [6.07, 6.45) is 5.45. The Kier molecular flexibility index (Phi) is 13.0. The molecule has 32 heavy (non-hydrogen) atoms. The molecule has 0 saturated carbocycles. The molecule has 0 unspecified atom stereocenters.